The van der Waals surface area contributed by atoms with E-state index in [0.717, 1.165) is 22.0 Å². The Morgan fingerprint density at radius 3 is 2.52 bits per heavy atom. The van der Waals surface area contributed by atoms with Gasteiger partial charge in [0.1, 0.15) is 5.82 Å². The number of benzene rings is 2. The van der Waals surface area contributed by atoms with Gasteiger partial charge in [0, 0.05) is 16.5 Å². The van der Waals surface area contributed by atoms with E-state index >= 15 is 0 Å². The summed E-state index contributed by atoms with van der Waals surface area (Å²) in [5.41, 5.74) is 3.78. The topological polar surface area (TPSA) is 49.7 Å². The van der Waals surface area contributed by atoms with E-state index in [9.17, 15) is 12.8 Å². The Balaban J connectivity index is 1.72. The number of amidine groups is 1. The van der Waals surface area contributed by atoms with Crippen molar-refractivity contribution in [3.05, 3.63) is 65.0 Å². The number of anilines is 1. The second kappa shape index (κ2) is 6.95. The number of hydrogen-bond acceptors (Lipinski definition) is 5. The van der Waals surface area contributed by atoms with Gasteiger partial charge in [0.25, 0.3) is 0 Å². The molecule has 0 amide bonds. The second-order valence-electron chi connectivity index (χ2n) is 7.24. The van der Waals surface area contributed by atoms with Gasteiger partial charge < -0.3 is 4.90 Å². The van der Waals surface area contributed by atoms with Crippen molar-refractivity contribution < 1.29 is 12.8 Å². The zero-order chi connectivity index (χ0) is 19.2. The van der Waals surface area contributed by atoms with Crippen LogP contribution in [0.2, 0.25) is 0 Å². The Bertz CT molecular complexity index is 1000. The smallest absolute Gasteiger partial charge is 0.164 e. The fraction of sp³-hybridized carbons (Fsp3) is 0.350. The van der Waals surface area contributed by atoms with Gasteiger partial charge in [-0.05, 0) is 43.2 Å². The van der Waals surface area contributed by atoms with E-state index in [1.165, 1.54) is 17.8 Å². The summed E-state index contributed by atoms with van der Waals surface area (Å²) >= 11 is 1.50. The van der Waals surface area contributed by atoms with E-state index in [-0.39, 0.29) is 28.6 Å². The first-order valence-electron chi connectivity index (χ1n) is 8.85. The van der Waals surface area contributed by atoms with Crippen molar-refractivity contribution >= 4 is 32.5 Å². The summed E-state index contributed by atoms with van der Waals surface area (Å²) in [6, 6.07) is 12.7. The van der Waals surface area contributed by atoms with E-state index in [2.05, 4.69) is 18.2 Å². The number of aryl methyl sites for hydroxylation is 2. The van der Waals surface area contributed by atoms with Crippen LogP contribution in [0.1, 0.15) is 16.7 Å². The first-order valence-corrected chi connectivity index (χ1v) is 11.5. The molecule has 7 heteroatoms. The molecular weight excluding hydrogens is 383 g/mol. The number of aliphatic imine (C=N–C) groups is 1. The lowest BCUT2D eigenvalue weighted by Crippen LogP contribution is -2.28. The van der Waals surface area contributed by atoms with Gasteiger partial charge in [-0.3, -0.25) is 4.99 Å². The minimum absolute atomic E-state index is 0.0426. The van der Waals surface area contributed by atoms with Gasteiger partial charge in [-0.25, -0.2) is 12.8 Å². The minimum atomic E-state index is -3.00. The summed E-state index contributed by atoms with van der Waals surface area (Å²) in [4.78, 5) is 6.72. The summed E-state index contributed by atoms with van der Waals surface area (Å²) in [6.45, 7) is 4.42. The molecule has 0 radical (unpaired) electrons. The van der Waals surface area contributed by atoms with Gasteiger partial charge >= 0.3 is 0 Å². The largest absolute Gasteiger partial charge is 0.317 e. The quantitative estimate of drug-likeness (QED) is 0.782. The Labute approximate surface area is 163 Å². The summed E-state index contributed by atoms with van der Waals surface area (Å²) in [7, 11) is -3.00. The van der Waals surface area contributed by atoms with E-state index in [0.29, 0.717) is 12.1 Å². The highest BCUT2D eigenvalue weighted by Gasteiger charge is 2.44. The number of rotatable bonds is 3. The van der Waals surface area contributed by atoms with Crippen molar-refractivity contribution in [2.24, 2.45) is 4.99 Å². The van der Waals surface area contributed by atoms with Crippen LogP contribution in [-0.4, -0.2) is 36.4 Å². The molecule has 1 fully saturated rings. The normalized spacial score (nSPS) is 23.1. The molecule has 2 aromatic carbocycles. The molecule has 2 aliphatic rings. The van der Waals surface area contributed by atoms with Crippen LogP contribution in [0, 0.1) is 19.7 Å². The van der Waals surface area contributed by atoms with Crippen LogP contribution in [0.15, 0.2) is 47.5 Å². The first kappa shape index (κ1) is 18.5. The molecule has 0 N–H and O–H groups in total. The van der Waals surface area contributed by atoms with E-state index in [1.54, 1.807) is 12.1 Å². The highest BCUT2D eigenvalue weighted by atomic mass is 32.2. The predicted molar refractivity (Wildman–Crippen MR) is 110 cm³/mol. The molecule has 2 atom stereocenters. The maximum Gasteiger partial charge on any atom is 0.164 e. The Kier molecular flexibility index (Phi) is 4.76. The summed E-state index contributed by atoms with van der Waals surface area (Å²) in [5.74, 6) is 0.0165. The fourth-order valence-corrected chi connectivity index (χ4v) is 7.42. The molecule has 2 aliphatic heterocycles. The number of halogens is 1. The zero-order valence-electron chi connectivity index (χ0n) is 15.2. The van der Waals surface area contributed by atoms with Crippen molar-refractivity contribution in [1.82, 2.24) is 0 Å². The van der Waals surface area contributed by atoms with Crippen molar-refractivity contribution in [2.45, 2.75) is 31.7 Å². The van der Waals surface area contributed by atoms with Crippen LogP contribution in [0.5, 0.6) is 0 Å². The third kappa shape index (κ3) is 3.89. The molecule has 27 heavy (non-hydrogen) atoms. The van der Waals surface area contributed by atoms with Gasteiger partial charge in [-0.1, -0.05) is 36.0 Å². The predicted octanol–water partition coefficient (Wildman–Crippen LogP) is 3.72. The van der Waals surface area contributed by atoms with Crippen LogP contribution >= 0.6 is 11.8 Å². The number of nitrogens with zero attached hydrogens (tertiary/aromatic N) is 2. The molecule has 4 rings (SSSR count). The SMILES string of the molecule is Cc1cc(C)cc(N(Cc2ccccc2F)C2=N[C@@H]3CS(=O)(=O)C[C@@H]3S2)c1. The van der Waals surface area contributed by atoms with Gasteiger partial charge in [-0.15, -0.1) is 0 Å². The molecule has 4 nitrogen and oxygen atoms in total. The molecule has 0 unspecified atom stereocenters. The molecule has 142 valence electrons. The summed E-state index contributed by atoms with van der Waals surface area (Å²) < 4.78 is 38.0. The van der Waals surface area contributed by atoms with E-state index in [4.69, 9.17) is 4.99 Å². The maximum atomic E-state index is 14.3. The third-order valence-electron chi connectivity index (χ3n) is 4.84. The lowest BCUT2D eigenvalue weighted by atomic mass is 10.1. The lowest BCUT2D eigenvalue weighted by Gasteiger charge is -2.26. The number of fused-ring (bicyclic) bond motifs is 1. The minimum Gasteiger partial charge on any atom is -0.317 e. The Morgan fingerprint density at radius 1 is 1.15 bits per heavy atom. The van der Waals surface area contributed by atoms with Gasteiger partial charge in [0.15, 0.2) is 15.0 Å². The van der Waals surface area contributed by atoms with Gasteiger partial charge in [0.05, 0.1) is 24.1 Å². The maximum absolute atomic E-state index is 14.3. The van der Waals surface area contributed by atoms with Gasteiger partial charge in [-0.2, -0.15) is 0 Å². The number of sulfone groups is 1. The van der Waals surface area contributed by atoms with Crippen molar-refractivity contribution in [3.63, 3.8) is 0 Å². The van der Waals surface area contributed by atoms with Crippen LogP contribution < -0.4 is 4.90 Å². The molecule has 1 saturated heterocycles. The van der Waals surface area contributed by atoms with Crippen molar-refractivity contribution in [2.75, 3.05) is 16.4 Å². The summed E-state index contributed by atoms with van der Waals surface area (Å²) in [5, 5.41) is 0.729. The Morgan fingerprint density at radius 2 is 1.85 bits per heavy atom. The van der Waals surface area contributed by atoms with Crippen molar-refractivity contribution in [1.29, 1.82) is 0 Å². The van der Waals surface area contributed by atoms with Crippen LogP contribution in [-0.2, 0) is 16.4 Å². The van der Waals surface area contributed by atoms with Crippen LogP contribution in [0.25, 0.3) is 0 Å². The molecule has 2 aromatic rings. The average Bonchev–Trinajstić information content (AvgIpc) is 3.06. The Hall–Kier alpha value is -1.86. The first-order chi connectivity index (χ1) is 12.8. The van der Waals surface area contributed by atoms with Gasteiger partial charge in [0.2, 0.25) is 0 Å². The van der Waals surface area contributed by atoms with E-state index in [1.807, 2.05) is 24.8 Å². The molecule has 0 spiro atoms. The fourth-order valence-electron chi connectivity index (χ4n) is 3.64. The molecule has 0 saturated carbocycles. The average molecular weight is 405 g/mol. The van der Waals surface area contributed by atoms with E-state index < -0.39 is 9.84 Å². The second-order valence-corrected chi connectivity index (χ2v) is 10.6. The highest BCUT2D eigenvalue weighted by molar-refractivity contribution is 8.15. The molecule has 0 aromatic heterocycles. The summed E-state index contributed by atoms with van der Waals surface area (Å²) in [6.07, 6.45) is 0. The molecule has 0 aliphatic carbocycles. The lowest BCUT2D eigenvalue weighted by molar-refractivity contribution is 0.601. The van der Waals surface area contributed by atoms with Crippen molar-refractivity contribution in [3.8, 4) is 0 Å². The molecular formula is C20H21FN2O2S2. The third-order valence-corrected chi connectivity index (χ3v) is 8.09. The molecule has 0 bridgehead atoms. The number of hydrogen-bond donors (Lipinski definition) is 0. The molecule has 2 heterocycles. The standard InChI is InChI=1S/C20H21FN2O2S2/c1-13-7-14(2)9-16(8-13)23(10-15-5-3-4-6-17(15)21)20-22-18-11-27(24,25)12-19(18)26-20/h3-9,18-19H,10-12H2,1-2H3/t18-,19+/m1/s1. The highest BCUT2D eigenvalue weighted by Crippen LogP contribution is 2.37. The van der Waals surface area contributed by atoms with Crippen LogP contribution in [0.4, 0.5) is 10.1 Å². The zero-order valence-corrected chi connectivity index (χ0v) is 16.9. The van der Waals surface area contributed by atoms with Crippen LogP contribution in [0.3, 0.4) is 0 Å². The monoisotopic (exact) mass is 404 g/mol. The number of thioether (sulfide) groups is 1.